The Kier molecular flexibility index (Phi) is 6.62. The van der Waals surface area contributed by atoms with Crippen molar-refractivity contribution in [3.8, 4) is 11.1 Å². The van der Waals surface area contributed by atoms with Crippen LogP contribution < -0.4 is 16.4 Å². The van der Waals surface area contributed by atoms with Gasteiger partial charge in [-0.05, 0) is 43.9 Å². The fourth-order valence-corrected chi connectivity index (χ4v) is 3.94. The van der Waals surface area contributed by atoms with Gasteiger partial charge in [-0.15, -0.1) is 0 Å². The van der Waals surface area contributed by atoms with Gasteiger partial charge < -0.3 is 16.4 Å². The smallest absolute Gasteiger partial charge is 0.367 e. The maximum Gasteiger partial charge on any atom is 0.416 e. The molecular formula is C22H23F6N7. The minimum Gasteiger partial charge on any atom is -0.367 e. The third kappa shape index (κ3) is 6.02. The van der Waals surface area contributed by atoms with Gasteiger partial charge in [-0.3, -0.25) is 4.68 Å². The molecule has 4 rings (SSSR count). The van der Waals surface area contributed by atoms with Crippen LogP contribution in [0.15, 0.2) is 36.8 Å². The van der Waals surface area contributed by atoms with Gasteiger partial charge in [-0.25, -0.2) is 4.98 Å². The van der Waals surface area contributed by atoms with Crippen LogP contribution >= 0.6 is 0 Å². The molecule has 1 aliphatic carbocycles. The molecule has 0 amide bonds. The number of nitrogens with zero attached hydrogens (tertiary/aromatic N) is 4. The Bertz CT molecular complexity index is 1150. The quantitative estimate of drug-likeness (QED) is 0.411. The van der Waals surface area contributed by atoms with E-state index in [1.807, 2.05) is 0 Å². The van der Waals surface area contributed by atoms with E-state index in [0.717, 1.165) is 25.7 Å². The van der Waals surface area contributed by atoms with E-state index in [0.29, 0.717) is 29.1 Å². The van der Waals surface area contributed by atoms with Crippen molar-refractivity contribution in [1.82, 2.24) is 19.7 Å². The summed E-state index contributed by atoms with van der Waals surface area (Å²) >= 11 is 0. The molecule has 4 N–H and O–H groups in total. The molecule has 0 aliphatic heterocycles. The fraction of sp³-hybridized carbons (Fsp3) is 0.409. The summed E-state index contributed by atoms with van der Waals surface area (Å²) in [4.78, 5) is 8.51. The number of alkyl halides is 6. The molecule has 0 unspecified atom stereocenters. The molecule has 0 radical (unpaired) electrons. The Morgan fingerprint density at radius 2 is 1.57 bits per heavy atom. The van der Waals surface area contributed by atoms with E-state index in [-0.39, 0.29) is 24.1 Å². The first-order chi connectivity index (χ1) is 16.4. The third-order valence-corrected chi connectivity index (χ3v) is 5.76. The monoisotopic (exact) mass is 499 g/mol. The molecule has 0 saturated heterocycles. The zero-order chi connectivity index (χ0) is 25.4. The number of hydrogen-bond donors (Lipinski definition) is 3. The summed E-state index contributed by atoms with van der Waals surface area (Å²) in [5.41, 5.74) is 3.97. The minimum atomic E-state index is -4.96. The summed E-state index contributed by atoms with van der Waals surface area (Å²) in [6.07, 6.45) is -1.89. The lowest BCUT2D eigenvalue weighted by molar-refractivity contribution is -0.143. The summed E-state index contributed by atoms with van der Waals surface area (Å²) in [5, 5.41) is 9.96. The highest BCUT2D eigenvalue weighted by molar-refractivity contribution is 5.75. The lowest BCUT2D eigenvalue weighted by Gasteiger charge is -2.28. The summed E-state index contributed by atoms with van der Waals surface area (Å²) < 4.78 is 80.9. The largest absolute Gasteiger partial charge is 0.416 e. The van der Waals surface area contributed by atoms with Crippen molar-refractivity contribution in [3.05, 3.63) is 47.9 Å². The molecule has 13 heteroatoms. The number of halogens is 6. The number of hydrogen-bond acceptors (Lipinski definition) is 6. The Labute approximate surface area is 196 Å². The van der Waals surface area contributed by atoms with Crippen LogP contribution in [0.5, 0.6) is 0 Å². The van der Waals surface area contributed by atoms with Crippen LogP contribution in [0.1, 0.15) is 36.8 Å². The highest BCUT2D eigenvalue weighted by Gasteiger charge is 2.37. The maximum atomic E-state index is 13.2. The van der Waals surface area contributed by atoms with Gasteiger partial charge in [0.1, 0.15) is 5.82 Å². The van der Waals surface area contributed by atoms with Gasteiger partial charge in [0.25, 0.3) is 0 Å². The third-order valence-electron chi connectivity index (χ3n) is 5.76. The Balaban J connectivity index is 1.69. The molecule has 0 atom stereocenters. The predicted octanol–water partition coefficient (Wildman–Crippen LogP) is 5.34. The summed E-state index contributed by atoms with van der Waals surface area (Å²) in [7, 11) is 1.74. The number of nitrogens with one attached hydrogen (secondary N) is 2. The van der Waals surface area contributed by atoms with Crippen molar-refractivity contribution in [3.63, 3.8) is 0 Å². The first-order valence-corrected chi connectivity index (χ1v) is 10.8. The van der Waals surface area contributed by atoms with Crippen LogP contribution in [0.25, 0.3) is 11.1 Å². The number of rotatable bonds is 5. The highest BCUT2D eigenvalue weighted by Crippen LogP contribution is 2.38. The molecule has 1 aromatic carbocycles. The number of aromatic nitrogens is 4. The second kappa shape index (κ2) is 9.36. The summed E-state index contributed by atoms with van der Waals surface area (Å²) in [6, 6.07) is 1.42. The second-order valence-electron chi connectivity index (χ2n) is 8.53. The van der Waals surface area contributed by atoms with Gasteiger partial charge in [-0.1, -0.05) is 0 Å². The number of aryl methyl sites for hydroxylation is 1. The molecule has 0 spiro atoms. The van der Waals surface area contributed by atoms with Crippen molar-refractivity contribution in [2.45, 2.75) is 50.1 Å². The molecule has 2 heterocycles. The normalized spacial score (nSPS) is 19.0. The number of benzene rings is 1. The zero-order valence-corrected chi connectivity index (χ0v) is 18.6. The highest BCUT2D eigenvalue weighted by atomic mass is 19.4. The number of nitrogens with two attached hydrogens (primary N) is 1. The van der Waals surface area contributed by atoms with Gasteiger partial charge in [0.05, 0.1) is 17.3 Å². The lowest BCUT2D eigenvalue weighted by Crippen LogP contribution is -2.33. The Hall–Kier alpha value is -3.35. The molecule has 7 nitrogen and oxygen atoms in total. The SMILES string of the molecule is Cn1cc(-c2cnc(Nc3cc(C(F)(F)F)cc(C(F)(F)F)c3)nc2NC2CCC(N)CC2)cn1. The predicted molar refractivity (Wildman–Crippen MR) is 118 cm³/mol. The van der Waals surface area contributed by atoms with Gasteiger partial charge in [0.2, 0.25) is 5.95 Å². The molecule has 1 saturated carbocycles. The Morgan fingerprint density at radius 3 is 2.11 bits per heavy atom. The fourth-order valence-electron chi connectivity index (χ4n) is 3.94. The van der Waals surface area contributed by atoms with E-state index in [1.54, 1.807) is 24.1 Å². The molecular weight excluding hydrogens is 476 g/mol. The van der Waals surface area contributed by atoms with Gasteiger partial charge in [-0.2, -0.15) is 36.4 Å². The van der Waals surface area contributed by atoms with Crippen molar-refractivity contribution in [1.29, 1.82) is 0 Å². The van der Waals surface area contributed by atoms with E-state index < -0.39 is 29.2 Å². The van der Waals surface area contributed by atoms with Gasteiger partial charge >= 0.3 is 12.4 Å². The zero-order valence-electron chi connectivity index (χ0n) is 18.6. The first kappa shape index (κ1) is 24.8. The molecule has 1 aliphatic rings. The molecule has 188 valence electrons. The molecule has 35 heavy (non-hydrogen) atoms. The van der Waals surface area contributed by atoms with E-state index in [1.165, 1.54) is 6.20 Å². The first-order valence-electron chi connectivity index (χ1n) is 10.8. The number of anilines is 3. The van der Waals surface area contributed by atoms with Crippen LogP contribution in [0, 0.1) is 0 Å². The topological polar surface area (TPSA) is 93.7 Å². The van der Waals surface area contributed by atoms with Crippen molar-refractivity contribution < 1.29 is 26.3 Å². The average molecular weight is 499 g/mol. The molecule has 0 bridgehead atoms. The maximum absolute atomic E-state index is 13.2. The Morgan fingerprint density at radius 1 is 0.943 bits per heavy atom. The molecule has 3 aromatic rings. The van der Waals surface area contributed by atoms with E-state index >= 15 is 0 Å². The lowest BCUT2D eigenvalue weighted by atomic mass is 9.91. The van der Waals surface area contributed by atoms with Crippen LogP contribution in [-0.2, 0) is 19.4 Å². The van der Waals surface area contributed by atoms with Crippen LogP contribution in [0.2, 0.25) is 0 Å². The standard InChI is InChI=1S/C22H23F6N7/c1-35-11-12(9-31-35)18-10-30-20(34-19(18)32-16-4-2-15(29)3-5-16)33-17-7-13(21(23,24)25)6-14(8-17)22(26,27)28/h6-11,15-16H,2-5,29H2,1H3,(H2,30,32,33,34). The molecule has 2 aromatic heterocycles. The average Bonchev–Trinajstić information content (AvgIpc) is 3.20. The van der Waals surface area contributed by atoms with E-state index in [2.05, 4.69) is 25.7 Å². The van der Waals surface area contributed by atoms with Crippen molar-refractivity contribution in [2.24, 2.45) is 12.8 Å². The summed E-state index contributed by atoms with van der Waals surface area (Å²) in [5.74, 6) is 0.235. The van der Waals surface area contributed by atoms with E-state index in [4.69, 9.17) is 5.73 Å². The minimum absolute atomic E-state index is 0.0540. The van der Waals surface area contributed by atoms with Crippen LogP contribution in [0.4, 0.5) is 43.8 Å². The van der Waals surface area contributed by atoms with Crippen LogP contribution in [-0.4, -0.2) is 31.8 Å². The second-order valence-corrected chi connectivity index (χ2v) is 8.53. The van der Waals surface area contributed by atoms with Gasteiger partial charge in [0, 0.05) is 48.3 Å². The van der Waals surface area contributed by atoms with E-state index in [9.17, 15) is 26.3 Å². The summed E-state index contributed by atoms with van der Waals surface area (Å²) in [6.45, 7) is 0. The van der Waals surface area contributed by atoms with Gasteiger partial charge in [0.15, 0.2) is 0 Å². The van der Waals surface area contributed by atoms with Crippen LogP contribution in [0.3, 0.4) is 0 Å². The molecule has 1 fully saturated rings. The van der Waals surface area contributed by atoms with Crippen molar-refractivity contribution in [2.75, 3.05) is 10.6 Å². The van der Waals surface area contributed by atoms with Crippen molar-refractivity contribution >= 4 is 17.5 Å².